The number of aromatic carboxylic acids is 1. The van der Waals surface area contributed by atoms with Gasteiger partial charge in [-0.1, -0.05) is 172 Å². The summed E-state index contributed by atoms with van der Waals surface area (Å²) >= 11 is 0. The zero-order valence-corrected chi connectivity index (χ0v) is 86.1. The first-order chi connectivity index (χ1) is 60.7. The van der Waals surface area contributed by atoms with E-state index in [4.69, 9.17) is 10.2 Å². The Balaban J connectivity index is 0.000000720. The van der Waals surface area contributed by atoms with Gasteiger partial charge in [-0.2, -0.15) is 0 Å². The van der Waals surface area contributed by atoms with Gasteiger partial charge in [0.05, 0.1) is 71.1 Å². The molecule has 9 aliphatic carbocycles. The minimum atomic E-state index is -0.941. The highest BCUT2D eigenvalue weighted by molar-refractivity contribution is 5.88. The summed E-state index contributed by atoms with van der Waals surface area (Å²) in [4.78, 5) is 127. The van der Waals surface area contributed by atoms with Crippen LogP contribution in [0.5, 0.6) is 0 Å². The van der Waals surface area contributed by atoms with Crippen molar-refractivity contribution in [3.63, 3.8) is 0 Å². The number of nitrogens with one attached hydrogen (secondary N) is 8. The standard InChI is InChI=1S/C14H23NO.C13H25NO.C12H15NO3.C12H23NO.C11H15NO.C10H19NO.2C9H17NO.C9H19NO.C7H15NO2/c1-9(16)13(15-2)14-6-10-3-11(7-14)5-12(4-10)8-14;1-11(15)13(2,14-3)10-9-12-7-5-4-6-8-12;1-8(14)11(13-2)7-9-3-5-10(6-4-9)12(15)16;1-10(14)12(2,13-3)9-11-7-5-4-6-8-11;1-9(13)11(12-2)8-10-6-4-3-5-7-10;1-8(12)10(11-2)9-6-4-3-5-7-9;1-7(11)9(10-2)6-8-4-3-5-8;1-7(11)9(10-2)8-5-3-4-6-8;1-7(2)6-9(8(3)11)10(4)5;1-5(9)7(6(2)10)8(3)4/h10-13,15H,3-8H2,1-2H3;12,14H,4-10H2,1-3H3;3-6,11,13H,7H2,1-2H3,(H,15,16);11,13H,4-9H2,1-3H3;3-7,11-12H,8H2,1-2H3;9-11H,3-7H2,1-2H3;2*8-10H,3-6H2,1-2H3;7,9H,6H2,1-5H3;5,7,9H,1-4H3/t10?,11?,12?,13-,14?;13-;11-;12-;11-;10-;3*9-;5-,7+/m1000010101/s1. The maximum Gasteiger partial charge on any atom is 0.335 e. The van der Waals surface area contributed by atoms with Gasteiger partial charge in [0.25, 0.3) is 0 Å². The second kappa shape index (κ2) is 65.0. The fourth-order valence-electron chi connectivity index (χ4n) is 21.2. The Hall–Kier alpha value is -5.83. The molecule has 9 fully saturated rings. The number of rotatable bonds is 38. The highest BCUT2D eigenvalue weighted by Gasteiger charge is 2.55. The molecule has 9 saturated carbocycles. The molecule has 0 aromatic heterocycles. The van der Waals surface area contributed by atoms with Crippen LogP contribution in [-0.4, -0.2) is 234 Å². The first-order valence-corrected chi connectivity index (χ1v) is 49.6. The molecule has 2 aromatic rings. The maximum absolute atomic E-state index is 11.8. The van der Waals surface area contributed by atoms with E-state index in [1.807, 2.05) is 113 Å². The van der Waals surface area contributed by atoms with E-state index in [1.54, 1.807) is 113 Å². The Labute approximate surface area is 783 Å². The normalized spacial score (nSPS) is 21.9. The average molecular weight is 1810 g/mol. The summed E-state index contributed by atoms with van der Waals surface area (Å²) in [5.74, 6) is 8.36. The summed E-state index contributed by atoms with van der Waals surface area (Å²) < 4.78 is 0. The number of carbonyl (C=O) groups excluding carboxylic acids is 10. The smallest absolute Gasteiger partial charge is 0.335 e. The van der Waals surface area contributed by atoms with Gasteiger partial charge in [0.15, 0.2) is 0 Å². The Morgan fingerprint density at radius 3 is 1.07 bits per heavy atom. The van der Waals surface area contributed by atoms with E-state index in [-0.39, 0.29) is 105 Å². The van der Waals surface area contributed by atoms with Crippen LogP contribution in [0.3, 0.4) is 0 Å². The lowest BCUT2D eigenvalue weighted by atomic mass is 9.47. The molecule has 0 unspecified atom stereocenters. The summed E-state index contributed by atoms with van der Waals surface area (Å²) in [7, 11) is 22.4. The van der Waals surface area contributed by atoms with Crippen molar-refractivity contribution in [3.05, 3.63) is 71.3 Å². The van der Waals surface area contributed by atoms with Gasteiger partial charge < -0.3 is 52.7 Å². The van der Waals surface area contributed by atoms with E-state index in [1.165, 1.54) is 206 Å². The number of hydrogen-bond acceptors (Lipinski definition) is 22. The molecule has 23 heteroatoms. The highest BCUT2D eigenvalue weighted by atomic mass is 16.4. The number of aliphatic hydroxyl groups excluding tert-OH is 1. The van der Waals surface area contributed by atoms with Crippen LogP contribution < -0.4 is 42.5 Å². The molecule has 2 aromatic carbocycles. The van der Waals surface area contributed by atoms with Crippen molar-refractivity contribution in [1.29, 1.82) is 0 Å². The van der Waals surface area contributed by atoms with Crippen LogP contribution in [0.1, 0.15) is 337 Å². The van der Waals surface area contributed by atoms with E-state index in [9.17, 15) is 52.7 Å². The number of Topliss-reactive ketones (excluding diaryl/α,β-unsaturated/α-hetero) is 10. The maximum atomic E-state index is 11.8. The van der Waals surface area contributed by atoms with Crippen molar-refractivity contribution in [1.82, 2.24) is 52.3 Å². The van der Waals surface area contributed by atoms with Crippen molar-refractivity contribution >= 4 is 63.8 Å². The Kier molecular flexibility index (Phi) is 61.0. The van der Waals surface area contributed by atoms with Crippen LogP contribution >= 0.6 is 0 Å². The summed E-state index contributed by atoms with van der Waals surface area (Å²) in [6, 6.07) is 16.5. The third-order valence-electron chi connectivity index (χ3n) is 29.2. The molecule has 0 spiro atoms. The summed E-state index contributed by atoms with van der Waals surface area (Å²) in [5.41, 5.74) is 2.14. The predicted molar refractivity (Wildman–Crippen MR) is 530 cm³/mol. The summed E-state index contributed by atoms with van der Waals surface area (Å²) in [6.07, 6.45) is 43.4. The van der Waals surface area contributed by atoms with Gasteiger partial charge in [0.1, 0.15) is 57.8 Å². The summed E-state index contributed by atoms with van der Waals surface area (Å²) in [5, 5.41) is 42.7. The molecule has 129 heavy (non-hydrogen) atoms. The molecule has 740 valence electrons. The molecule has 0 saturated heterocycles. The van der Waals surface area contributed by atoms with Crippen LogP contribution in [-0.2, 0) is 60.8 Å². The fourth-order valence-corrected chi connectivity index (χ4v) is 21.2. The molecular weight excluding hydrogens is 1620 g/mol. The number of ketones is 10. The van der Waals surface area contributed by atoms with Crippen LogP contribution in [0.25, 0.3) is 0 Å². The topological polar surface area (TPSA) is 331 Å². The van der Waals surface area contributed by atoms with Crippen molar-refractivity contribution in [2.75, 3.05) is 84.6 Å². The van der Waals surface area contributed by atoms with Crippen molar-refractivity contribution in [2.24, 2.45) is 58.7 Å². The number of aliphatic hydroxyl groups is 1. The lowest BCUT2D eigenvalue weighted by Gasteiger charge is -2.59. The predicted octanol–water partition coefficient (Wildman–Crippen LogP) is 16.2. The third-order valence-corrected chi connectivity index (χ3v) is 29.2. The van der Waals surface area contributed by atoms with Gasteiger partial charge >= 0.3 is 5.97 Å². The van der Waals surface area contributed by atoms with Gasteiger partial charge in [0.2, 0.25) is 0 Å². The fraction of sp³-hybridized carbons (Fsp3) is 0.783. The Morgan fingerprint density at radius 2 is 0.798 bits per heavy atom. The first kappa shape index (κ1) is 121. The monoisotopic (exact) mass is 1810 g/mol. The van der Waals surface area contributed by atoms with Crippen molar-refractivity contribution < 1.29 is 63.0 Å². The molecule has 0 aliphatic heterocycles. The van der Waals surface area contributed by atoms with Gasteiger partial charge in [-0.15, -0.1) is 0 Å². The van der Waals surface area contributed by atoms with Gasteiger partial charge in [-0.3, -0.25) is 57.7 Å². The molecule has 11 atom stereocenters. The van der Waals surface area contributed by atoms with E-state index in [0.29, 0.717) is 46.9 Å². The third kappa shape index (κ3) is 46.3. The van der Waals surface area contributed by atoms with Gasteiger partial charge in [0, 0.05) is 0 Å². The molecule has 23 nitrogen and oxygen atoms in total. The molecule has 10 N–H and O–H groups in total. The largest absolute Gasteiger partial charge is 0.478 e. The summed E-state index contributed by atoms with van der Waals surface area (Å²) in [6.45, 7) is 26.4. The number of carboxylic acids is 1. The molecule has 0 radical (unpaired) electrons. The van der Waals surface area contributed by atoms with E-state index in [0.717, 1.165) is 73.2 Å². The zero-order valence-electron chi connectivity index (χ0n) is 86.1. The number of hydrogen-bond donors (Lipinski definition) is 10. The number of likely N-dealkylation sites (N-methyl/N-ethyl adjacent to an activating group) is 10. The van der Waals surface area contributed by atoms with Crippen LogP contribution in [0.15, 0.2) is 54.6 Å². The molecule has 4 bridgehead atoms. The van der Waals surface area contributed by atoms with E-state index < -0.39 is 12.1 Å². The van der Waals surface area contributed by atoms with Crippen molar-refractivity contribution in [2.45, 2.75) is 394 Å². The number of carboxylic acid groups (broad SMARTS) is 1. The molecular formula is C106H188N10O13. The average Bonchev–Trinajstić information content (AvgIpc) is 1.07. The van der Waals surface area contributed by atoms with E-state index in [2.05, 4.69) is 56.4 Å². The van der Waals surface area contributed by atoms with Gasteiger partial charge in [-0.25, -0.2) is 4.79 Å². The second-order valence-electron chi connectivity index (χ2n) is 40.6. The molecule has 0 amide bonds. The van der Waals surface area contributed by atoms with Gasteiger partial charge in [-0.05, 0) is 366 Å². The van der Waals surface area contributed by atoms with Crippen LogP contribution in [0, 0.1) is 58.7 Å². The minimum Gasteiger partial charge on any atom is -0.478 e. The molecule has 9 aliphatic rings. The first-order valence-electron chi connectivity index (χ1n) is 49.6. The molecule has 11 rings (SSSR count). The Bertz CT molecular complexity index is 3470. The molecule has 0 heterocycles. The van der Waals surface area contributed by atoms with Crippen LogP contribution in [0.4, 0.5) is 0 Å². The Morgan fingerprint density at radius 1 is 0.419 bits per heavy atom. The van der Waals surface area contributed by atoms with Crippen LogP contribution in [0.2, 0.25) is 0 Å². The second-order valence-corrected chi connectivity index (χ2v) is 40.6. The zero-order chi connectivity index (χ0) is 97.9. The number of carbonyl (C=O) groups is 11. The lowest BCUT2D eigenvalue weighted by molar-refractivity contribution is -0.131. The quantitative estimate of drug-likeness (QED) is 0.0299. The number of nitrogens with zero attached hydrogens (tertiary/aromatic N) is 2. The van der Waals surface area contributed by atoms with Crippen molar-refractivity contribution in [3.8, 4) is 0 Å². The number of benzene rings is 2. The lowest BCUT2D eigenvalue weighted by Crippen LogP contribution is -2.57. The highest BCUT2D eigenvalue weighted by Crippen LogP contribution is 2.61. The SMILES string of the molecule is CC(=O)[C@H](CC(C)C)N(C)C.CC(=O)[C@H]([C@@H](C)O)N(C)C.CN[C@@H](CC1CCC1)C(C)=O.CN[C@@H](Cc1ccc(C(=O)O)cc1)C(C)=O.CN[C@@H](Cc1ccccc1)C(C)=O.CN[C@@](C)(CC1CCCCC1)C(C)=O.CN[C@@](C)(CCC1CCCCC1)C(C)=O.CN[C@H](C(C)=O)C12CC3CC(CC(C3)C1)C2.CN[C@H](C(C)=O)C1CCCC1.CN[C@H](C(C)=O)C1CCCCC1. The minimum absolute atomic E-state index is 0.000000000000000666. The van der Waals surface area contributed by atoms with E-state index >= 15 is 0 Å².